The first-order chi connectivity index (χ1) is 9.40. The van der Waals surface area contributed by atoms with Crippen LogP contribution in [0.25, 0.3) is 0 Å². The quantitative estimate of drug-likeness (QED) is 0.909. The molecule has 0 spiro atoms. The van der Waals surface area contributed by atoms with Gasteiger partial charge in [-0.3, -0.25) is 0 Å². The van der Waals surface area contributed by atoms with E-state index in [-0.39, 0.29) is 5.41 Å². The van der Waals surface area contributed by atoms with Crippen LogP contribution in [0.15, 0.2) is 29.6 Å². The molecule has 0 aliphatic carbocycles. The summed E-state index contributed by atoms with van der Waals surface area (Å²) in [4.78, 5) is 4.56. The van der Waals surface area contributed by atoms with Gasteiger partial charge in [0.2, 0.25) is 0 Å². The van der Waals surface area contributed by atoms with Gasteiger partial charge < -0.3 is 5.32 Å². The molecular formula is C17H24N2S. The minimum absolute atomic E-state index is 0.208. The summed E-state index contributed by atoms with van der Waals surface area (Å²) in [6, 6.07) is 9.28. The number of nitrogens with zero attached hydrogens (tertiary/aromatic N) is 1. The van der Waals surface area contributed by atoms with E-state index in [1.165, 1.54) is 16.8 Å². The molecule has 3 heteroatoms. The largest absolute Gasteiger partial charge is 0.313 e. The number of aryl methyl sites for hydroxylation is 1. The second-order valence-electron chi connectivity index (χ2n) is 6.28. The molecule has 0 aliphatic rings. The molecule has 1 aromatic heterocycles. The predicted octanol–water partition coefficient (Wildman–Crippen LogP) is 4.25. The van der Waals surface area contributed by atoms with E-state index in [0.717, 1.165) is 11.4 Å². The van der Waals surface area contributed by atoms with Crippen molar-refractivity contribution in [1.82, 2.24) is 10.3 Å². The van der Waals surface area contributed by atoms with Crippen molar-refractivity contribution in [2.24, 2.45) is 0 Å². The molecule has 2 rings (SSSR count). The summed E-state index contributed by atoms with van der Waals surface area (Å²) in [5, 5.41) is 6.69. The monoisotopic (exact) mass is 288 g/mol. The zero-order valence-corrected chi connectivity index (χ0v) is 13.8. The van der Waals surface area contributed by atoms with Gasteiger partial charge in [-0.25, -0.2) is 4.98 Å². The van der Waals surface area contributed by atoms with Gasteiger partial charge in [0.1, 0.15) is 0 Å². The van der Waals surface area contributed by atoms with Crippen LogP contribution in [0.5, 0.6) is 0 Å². The van der Waals surface area contributed by atoms with E-state index >= 15 is 0 Å². The number of hydrogen-bond acceptors (Lipinski definition) is 3. The summed E-state index contributed by atoms with van der Waals surface area (Å²) in [7, 11) is 2.02. The van der Waals surface area contributed by atoms with Crippen LogP contribution < -0.4 is 5.32 Å². The molecule has 1 N–H and O–H groups in total. The van der Waals surface area contributed by atoms with E-state index in [1.54, 1.807) is 11.3 Å². The summed E-state index contributed by atoms with van der Waals surface area (Å²) in [6.45, 7) is 8.79. The maximum Gasteiger partial charge on any atom is 0.0897 e. The molecule has 2 aromatic rings. The van der Waals surface area contributed by atoms with E-state index < -0.39 is 0 Å². The second-order valence-corrected chi connectivity index (χ2v) is 7.34. The van der Waals surface area contributed by atoms with Crippen LogP contribution in [0.2, 0.25) is 0 Å². The Morgan fingerprint density at radius 3 is 2.30 bits per heavy atom. The minimum atomic E-state index is 0.208. The highest BCUT2D eigenvalue weighted by Crippen LogP contribution is 2.25. The Morgan fingerprint density at radius 2 is 1.85 bits per heavy atom. The lowest BCUT2D eigenvalue weighted by Gasteiger charge is -2.21. The first-order valence-electron chi connectivity index (χ1n) is 7.09. The molecule has 1 unspecified atom stereocenters. The minimum Gasteiger partial charge on any atom is -0.313 e. The average Bonchev–Trinajstić information content (AvgIpc) is 2.81. The fourth-order valence-electron chi connectivity index (χ4n) is 2.31. The van der Waals surface area contributed by atoms with Crippen molar-refractivity contribution < 1.29 is 0 Å². The maximum atomic E-state index is 4.56. The Hall–Kier alpha value is -1.19. The van der Waals surface area contributed by atoms with Crippen LogP contribution in [0.3, 0.4) is 0 Å². The average molecular weight is 288 g/mol. The van der Waals surface area contributed by atoms with E-state index in [2.05, 4.69) is 67.6 Å². The van der Waals surface area contributed by atoms with Crippen LogP contribution in [0.4, 0.5) is 0 Å². The molecule has 20 heavy (non-hydrogen) atoms. The van der Waals surface area contributed by atoms with Gasteiger partial charge in [-0.2, -0.15) is 0 Å². The van der Waals surface area contributed by atoms with Crippen LogP contribution >= 0.6 is 11.3 Å². The molecule has 1 heterocycles. The second kappa shape index (κ2) is 6.06. The third kappa shape index (κ3) is 3.68. The molecule has 108 valence electrons. The predicted molar refractivity (Wildman–Crippen MR) is 87.5 cm³/mol. The van der Waals surface area contributed by atoms with Gasteiger partial charge in [0.15, 0.2) is 0 Å². The Balaban J connectivity index is 2.15. The number of aromatic nitrogens is 1. The molecule has 1 aromatic carbocycles. The van der Waals surface area contributed by atoms with Crippen molar-refractivity contribution in [3.05, 3.63) is 51.5 Å². The van der Waals surface area contributed by atoms with Crippen LogP contribution in [0.1, 0.15) is 48.6 Å². The molecule has 0 saturated heterocycles. The maximum absolute atomic E-state index is 4.56. The highest BCUT2D eigenvalue weighted by atomic mass is 32.1. The molecule has 0 fully saturated rings. The van der Waals surface area contributed by atoms with Crippen molar-refractivity contribution in [1.29, 1.82) is 0 Å². The number of thiazole rings is 1. The summed E-state index contributed by atoms with van der Waals surface area (Å²) >= 11 is 1.72. The van der Waals surface area contributed by atoms with Gasteiger partial charge in [0.05, 0.1) is 10.7 Å². The summed E-state index contributed by atoms with van der Waals surface area (Å²) in [5.74, 6) is 0. The zero-order chi connectivity index (χ0) is 14.8. The number of likely N-dealkylation sites (N-methyl/N-ethyl adjacent to an activating group) is 1. The van der Waals surface area contributed by atoms with Crippen molar-refractivity contribution in [2.45, 2.75) is 45.6 Å². The van der Waals surface area contributed by atoms with Crippen molar-refractivity contribution in [3.8, 4) is 0 Å². The molecule has 2 nitrogen and oxygen atoms in total. The molecule has 0 aliphatic heterocycles. The van der Waals surface area contributed by atoms with E-state index in [0.29, 0.717) is 6.04 Å². The van der Waals surface area contributed by atoms with E-state index in [1.807, 2.05) is 7.05 Å². The Bertz CT molecular complexity index is 549. The van der Waals surface area contributed by atoms with Crippen molar-refractivity contribution >= 4 is 11.3 Å². The van der Waals surface area contributed by atoms with Gasteiger partial charge in [0.25, 0.3) is 0 Å². The van der Waals surface area contributed by atoms with Gasteiger partial charge in [0, 0.05) is 17.8 Å². The fraction of sp³-hybridized carbons (Fsp3) is 0.471. The molecule has 1 atom stereocenters. The summed E-state index contributed by atoms with van der Waals surface area (Å²) in [5.41, 5.74) is 4.08. The lowest BCUT2D eigenvalue weighted by molar-refractivity contribution is 0.576. The first kappa shape index (κ1) is 15.2. The SMILES string of the molecule is CNC(Cc1csc(C)n1)c1ccc(C(C)(C)C)cc1. The normalized spacial score (nSPS) is 13.4. The van der Waals surface area contributed by atoms with Gasteiger partial charge in [-0.15, -0.1) is 11.3 Å². The first-order valence-corrected chi connectivity index (χ1v) is 7.97. The van der Waals surface area contributed by atoms with Crippen molar-refractivity contribution in [2.75, 3.05) is 7.05 Å². The third-order valence-electron chi connectivity index (χ3n) is 3.61. The van der Waals surface area contributed by atoms with Gasteiger partial charge in [-0.05, 0) is 30.5 Å². The molecule has 0 amide bonds. The Morgan fingerprint density at radius 1 is 1.20 bits per heavy atom. The molecule has 0 saturated carbocycles. The number of rotatable bonds is 4. The van der Waals surface area contributed by atoms with Crippen LogP contribution in [-0.2, 0) is 11.8 Å². The standard InChI is InChI=1S/C17H24N2S/c1-12-19-15(11-20-12)10-16(18-5)13-6-8-14(9-7-13)17(2,3)4/h6-9,11,16,18H,10H2,1-5H3. The van der Waals surface area contributed by atoms with E-state index in [9.17, 15) is 0 Å². The van der Waals surface area contributed by atoms with Crippen LogP contribution in [0, 0.1) is 6.92 Å². The number of hydrogen-bond donors (Lipinski definition) is 1. The smallest absolute Gasteiger partial charge is 0.0897 e. The van der Waals surface area contributed by atoms with Crippen LogP contribution in [-0.4, -0.2) is 12.0 Å². The lowest BCUT2D eigenvalue weighted by atomic mass is 9.86. The highest BCUT2D eigenvalue weighted by molar-refractivity contribution is 7.09. The zero-order valence-electron chi connectivity index (χ0n) is 13.0. The molecule has 0 bridgehead atoms. The Labute approximate surface area is 126 Å². The highest BCUT2D eigenvalue weighted by Gasteiger charge is 2.16. The Kier molecular flexibility index (Phi) is 4.61. The van der Waals surface area contributed by atoms with Gasteiger partial charge >= 0.3 is 0 Å². The van der Waals surface area contributed by atoms with Crippen molar-refractivity contribution in [3.63, 3.8) is 0 Å². The van der Waals surface area contributed by atoms with E-state index in [4.69, 9.17) is 0 Å². The molecule has 0 radical (unpaired) electrons. The van der Waals surface area contributed by atoms with Gasteiger partial charge in [-0.1, -0.05) is 45.0 Å². The lowest BCUT2D eigenvalue weighted by Crippen LogP contribution is -2.19. The summed E-state index contributed by atoms with van der Waals surface area (Å²) < 4.78 is 0. The number of benzene rings is 1. The summed E-state index contributed by atoms with van der Waals surface area (Å²) in [6.07, 6.45) is 0.940. The number of nitrogens with one attached hydrogen (secondary N) is 1. The topological polar surface area (TPSA) is 24.9 Å². The third-order valence-corrected chi connectivity index (χ3v) is 4.43. The fourth-order valence-corrected chi connectivity index (χ4v) is 2.94. The molecular weight excluding hydrogens is 264 g/mol.